The molecule has 4 rings (SSSR count). The van der Waals surface area contributed by atoms with Crippen LogP contribution in [0.25, 0.3) is 6.08 Å². The summed E-state index contributed by atoms with van der Waals surface area (Å²) in [5, 5.41) is 0. The average molecular weight is 368 g/mol. The van der Waals surface area contributed by atoms with E-state index in [9.17, 15) is 8.42 Å². The van der Waals surface area contributed by atoms with E-state index in [1.807, 2.05) is 18.2 Å². The molecule has 0 fully saturated rings. The fraction of sp³-hybridized carbons (Fsp3) is 0.158. The Balaban J connectivity index is 1.71. The van der Waals surface area contributed by atoms with E-state index in [4.69, 9.17) is 8.92 Å². The van der Waals surface area contributed by atoms with Gasteiger partial charge in [0.25, 0.3) is 0 Å². The zero-order chi connectivity index (χ0) is 18.3. The Labute approximate surface area is 151 Å². The van der Waals surface area contributed by atoms with Gasteiger partial charge in [0.1, 0.15) is 11.5 Å². The molecular weight excluding hydrogens is 352 g/mol. The minimum absolute atomic E-state index is 0.184. The second kappa shape index (κ2) is 6.10. The molecule has 1 aliphatic carbocycles. The molecule has 2 aliphatic rings. The summed E-state index contributed by atoms with van der Waals surface area (Å²) < 4.78 is 32.9. The lowest BCUT2D eigenvalue weighted by atomic mass is 9.94. The van der Waals surface area contributed by atoms with E-state index in [2.05, 4.69) is 22.1 Å². The number of methoxy groups -OCH3 is 1. The van der Waals surface area contributed by atoms with Crippen molar-refractivity contribution in [3.05, 3.63) is 64.9 Å². The van der Waals surface area contributed by atoms with Crippen LogP contribution in [-0.4, -0.2) is 33.3 Å². The highest BCUT2D eigenvalue weighted by atomic mass is 32.2. The van der Waals surface area contributed by atoms with Crippen LogP contribution in [0.15, 0.2) is 58.1 Å². The predicted molar refractivity (Wildman–Crippen MR) is 101 cm³/mol. The first-order valence-electron chi connectivity index (χ1n) is 7.97. The Kier molecular flexibility index (Phi) is 3.88. The number of hydrogen-bond donors (Lipinski definition) is 0. The summed E-state index contributed by atoms with van der Waals surface area (Å²) in [6, 6.07) is 12.9. The maximum atomic E-state index is 11.3. The Morgan fingerprint density at radius 1 is 1.08 bits per heavy atom. The molecule has 0 saturated carbocycles. The van der Waals surface area contributed by atoms with Crippen molar-refractivity contribution in [1.82, 2.24) is 0 Å². The summed E-state index contributed by atoms with van der Waals surface area (Å²) in [4.78, 5) is 9.28. The van der Waals surface area contributed by atoms with Gasteiger partial charge in [-0.25, -0.2) is 9.98 Å². The molecule has 0 saturated heterocycles. The highest BCUT2D eigenvalue weighted by molar-refractivity contribution is 7.86. The molecule has 0 amide bonds. The van der Waals surface area contributed by atoms with Gasteiger partial charge in [-0.15, -0.1) is 0 Å². The van der Waals surface area contributed by atoms with E-state index in [1.54, 1.807) is 12.1 Å². The van der Waals surface area contributed by atoms with Crippen LogP contribution in [0.4, 0.5) is 0 Å². The maximum absolute atomic E-state index is 11.3. The summed E-state index contributed by atoms with van der Waals surface area (Å²) in [5.74, 6) is 1.18. The molecule has 0 radical (unpaired) electrons. The van der Waals surface area contributed by atoms with E-state index in [-0.39, 0.29) is 5.75 Å². The number of aliphatic imine (C=N–C) groups is 2. The van der Waals surface area contributed by atoms with Gasteiger partial charge in [-0.1, -0.05) is 24.3 Å². The summed E-state index contributed by atoms with van der Waals surface area (Å²) in [6.07, 6.45) is 3.75. The molecule has 0 atom stereocenters. The van der Waals surface area contributed by atoms with Crippen molar-refractivity contribution >= 4 is 27.7 Å². The molecule has 132 valence electrons. The van der Waals surface area contributed by atoms with Gasteiger partial charge in [0.2, 0.25) is 0 Å². The third-order valence-corrected chi connectivity index (χ3v) is 4.62. The highest BCUT2D eigenvalue weighted by Crippen LogP contribution is 2.31. The molecule has 0 aromatic heterocycles. The summed E-state index contributed by atoms with van der Waals surface area (Å²) in [6.45, 7) is 0. The zero-order valence-corrected chi connectivity index (χ0v) is 15.1. The standard InChI is InChI=1S/C19H16N2O4S/c1-24-18-11-14(25-26(2,22)23)7-8-15(18)19-20-16-9-12-5-3-4-6-13(12)10-17(16)21-19/h3-9,11H,10H2,1-2H3. The van der Waals surface area contributed by atoms with Crippen LogP contribution in [0.3, 0.4) is 0 Å². The molecule has 1 aliphatic heterocycles. The van der Waals surface area contributed by atoms with Gasteiger partial charge in [0.15, 0.2) is 5.84 Å². The van der Waals surface area contributed by atoms with Gasteiger partial charge in [0.05, 0.1) is 30.3 Å². The fourth-order valence-electron chi connectivity index (χ4n) is 3.00. The number of ether oxygens (including phenoxy) is 1. The van der Waals surface area contributed by atoms with E-state index >= 15 is 0 Å². The van der Waals surface area contributed by atoms with Crippen molar-refractivity contribution in [3.63, 3.8) is 0 Å². The van der Waals surface area contributed by atoms with Gasteiger partial charge in [0, 0.05) is 12.5 Å². The number of nitrogens with zero attached hydrogens (tertiary/aromatic N) is 2. The molecule has 0 bridgehead atoms. The lowest BCUT2D eigenvalue weighted by Gasteiger charge is -2.12. The van der Waals surface area contributed by atoms with Gasteiger partial charge < -0.3 is 8.92 Å². The maximum Gasteiger partial charge on any atom is 0.306 e. The van der Waals surface area contributed by atoms with Gasteiger partial charge >= 0.3 is 10.1 Å². The summed E-state index contributed by atoms with van der Waals surface area (Å²) in [5.41, 5.74) is 4.81. The number of fused-ring (bicyclic) bond motifs is 2. The van der Waals surface area contributed by atoms with E-state index < -0.39 is 10.1 Å². The first-order chi connectivity index (χ1) is 12.4. The Bertz CT molecular complexity index is 1100. The lowest BCUT2D eigenvalue weighted by Crippen LogP contribution is -2.09. The monoisotopic (exact) mass is 368 g/mol. The molecule has 2 aromatic rings. The Hall–Kier alpha value is -2.93. The van der Waals surface area contributed by atoms with Crippen molar-refractivity contribution < 1.29 is 17.3 Å². The molecule has 6 nitrogen and oxygen atoms in total. The molecule has 0 N–H and O–H groups in total. The SMILES string of the molecule is COc1cc(OS(C)(=O)=O)ccc1C1=NC2=Cc3ccccc3CC2=N1. The quantitative estimate of drug-likeness (QED) is 0.778. The average Bonchev–Trinajstić information content (AvgIpc) is 3.00. The molecule has 26 heavy (non-hydrogen) atoms. The van der Waals surface area contributed by atoms with E-state index in [0.717, 1.165) is 29.6 Å². The van der Waals surface area contributed by atoms with Gasteiger partial charge in [-0.05, 0) is 29.3 Å². The third kappa shape index (κ3) is 3.13. The van der Waals surface area contributed by atoms with Gasteiger partial charge in [-0.3, -0.25) is 0 Å². The third-order valence-electron chi connectivity index (χ3n) is 4.13. The molecule has 0 unspecified atom stereocenters. The fourth-order valence-corrected chi connectivity index (χ4v) is 3.45. The number of rotatable bonds is 4. The zero-order valence-electron chi connectivity index (χ0n) is 14.3. The molecule has 2 aromatic carbocycles. The molecule has 0 spiro atoms. The van der Waals surface area contributed by atoms with Crippen LogP contribution in [0.5, 0.6) is 11.5 Å². The number of allylic oxidation sites excluding steroid dienone is 1. The first kappa shape index (κ1) is 16.5. The summed E-state index contributed by atoms with van der Waals surface area (Å²) in [7, 11) is -2.10. The highest BCUT2D eigenvalue weighted by Gasteiger charge is 2.24. The number of amidine groups is 1. The Morgan fingerprint density at radius 3 is 2.65 bits per heavy atom. The normalized spacial score (nSPS) is 15.4. The van der Waals surface area contributed by atoms with E-state index in [1.165, 1.54) is 18.7 Å². The van der Waals surface area contributed by atoms with Crippen molar-refractivity contribution in [3.8, 4) is 11.5 Å². The van der Waals surface area contributed by atoms with Gasteiger partial charge in [-0.2, -0.15) is 8.42 Å². The molecule has 7 heteroatoms. The van der Waals surface area contributed by atoms with Crippen molar-refractivity contribution in [1.29, 1.82) is 0 Å². The van der Waals surface area contributed by atoms with Crippen LogP contribution in [0.2, 0.25) is 0 Å². The van der Waals surface area contributed by atoms with Crippen LogP contribution >= 0.6 is 0 Å². The van der Waals surface area contributed by atoms with Crippen molar-refractivity contribution in [2.45, 2.75) is 6.42 Å². The van der Waals surface area contributed by atoms with Crippen LogP contribution < -0.4 is 8.92 Å². The van der Waals surface area contributed by atoms with Crippen LogP contribution in [0, 0.1) is 0 Å². The van der Waals surface area contributed by atoms with Crippen molar-refractivity contribution in [2.75, 3.05) is 13.4 Å². The van der Waals surface area contributed by atoms with Crippen LogP contribution in [-0.2, 0) is 16.5 Å². The second-order valence-electron chi connectivity index (χ2n) is 6.05. The largest absolute Gasteiger partial charge is 0.496 e. The predicted octanol–water partition coefficient (Wildman–Crippen LogP) is 2.83. The van der Waals surface area contributed by atoms with E-state index in [0.29, 0.717) is 17.1 Å². The topological polar surface area (TPSA) is 77.3 Å². The van der Waals surface area contributed by atoms with Crippen molar-refractivity contribution in [2.24, 2.45) is 9.98 Å². The smallest absolute Gasteiger partial charge is 0.306 e. The first-order valence-corrected chi connectivity index (χ1v) is 9.79. The molecular formula is C19H16N2O4S. The number of hydrogen-bond acceptors (Lipinski definition) is 6. The Morgan fingerprint density at radius 2 is 1.88 bits per heavy atom. The molecule has 1 heterocycles. The second-order valence-corrected chi connectivity index (χ2v) is 7.62. The lowest BCUT2D eigenvalue weighted by molar-refractivity contribution is 0.411. The minimum Gasteiger partial charge on any atom is -0.496 e. The summed E-state index contributed by atoms with van der Waals surface area (Å²) >= 11 is 0. The minimum atomic E-state index is -3.60. The van der Waals surface area contributed by atoms with Crippen LogP contribution in [0.1, 0.15) is 16.7 Å². The number of benzene rings is 2.